The number of fused-ring (bicyclic) bond motifs is 1. The van der Waals surface area contributed by atoms with Gasteiger partial charge in [-0.3, -0.25) is 4.79 Å². The number of carbonyl (C=O) groups is 2. The highest BCUT2D eigenvalue weighted by Gasteiger charge is 2.44. The SMILES string of the molecule is NC(=O)C1(OC(=O)c2cn3cc(F)ccc3n2)CCC(N)CC1. The van der Waals surface area contributed by atoms with Crippen LogP contribution in [0.15, 0.2) is 24.5 Å². The fourth-order valence-electron chi connectivity index (χ4n) is 2.80. The number of nitrogens with two attached hydrogens (primary N) is 2. The molecule has 23 heavy (non-hydrogen) atoms. The molecule has 0 aromatic carbocycles. The van der Waals surface area contributed by atoms with Crippen LogP contribution in [0.1, 0.15) is 36.2 Å². The average Bonchev–Trinajstić information content (AvgIpc) is 2.92. The van der Waals surface area contributed by atoms with Crippen LogP contribution in [0.3, 0.4) is 0 Å². The third kappa shape index (κ3) is 2.89. The molecule has 4 N–H and O–H groups in total. The third-order valence-electron chi connectivity index (χ3n) is 4.20. The highest BCUT2D eigenvalue weighted by atomic mass is 19.1. The van der Waals surface area contributed by atoms with Gasteiger partial charge in [-0.05, 0) is 37.8 Å². The zero-order valence-electron chi connectivity index (χ0n) is 12.4. The number of esters is 1. The van der Waals surface area contributed by atoms with E-state index in [1.807, 2.05) is 0 Å². The van der Waals surface area contributed by atoms with Crippen LogP contribution >= 0.6 is 0 Å². The number of ether oxygens (including phenoxy) is 1. The lowest BCUT2D eigenvalue weighted by Crippen LogP contribution is -2.51. The maximum Gasteiger partial charge on any atom is 0.359 e. The van der Waals surface area contributed by atoms with Crippen molar-refractivity contribution in [1.29, 1.82) is 0 Å². The molecule has 0 aliphatic heterocycles. The summed E-state index contributed by atoms with van der Waals surface area (Å²) < 4.78 is 20.0. The van der Waals surface area contributed by atoms with Crippen LogP contribution in [0.5, 0.6) is 0 Å². The molecular formula is C15H17FN4O3. The van der Waals surface area contributed by atoms with E-state index in [4.69, 9.17) is 16.2 Å². The number of rotatable bonds is 3. The molecule has 3 rings (SSSR count). The van der Waals surface area contributed by atoms with Crippen molar-refractivity contribution in [2.45, 2.75) is 37.3 Å². The Labute approximate surface area is 131 Å². The van der Waals surface area contributed by atoms with E-state index in [0.717, 1.165) is 0 Å². The van der Waals surface area contributed by atoms with Crippen molar-refractivity contribution in [3.8, 4) is 0 Å². The second-order valence-corrected chi connectivity index (χ2v) is 5.82. The summed E-state index contributed by atoms with van der Waals surface area (Å²) in [4.78, 5) is 28.2. The normalized spacial score (nSPS) is 24.5. The summed E-state index contributed by atoms with van der Waals surface area (Å²) in [5, 5.41) is 0. The number of hydrogen-bond acceptors (Lipinski definition) is 5. The minimum Gasteiger partial charge on any atom is -0.444 e. The lowest BCUT2D eigenvalue weighted by molar-refractivity contribution is -0.141. The van der Waals surface area contributed by atoms with Gasteiger partial charge in [0, 0.05) is 18.4 Å². The highest BCUT2D eigenvalue weighted by molar-refractivity contribution is 5.92. The number of carbonyl (C=O) groups excluding carboxylic acids is 2. The molecule has 7 nitrogen and oxygen atoms in total. The number of nitrogens with zero attached hydrogens (tertiary/aromatic N) is 2. The van der Waals surface area contributed by atoms with E-state index in [2.05, 4.69) is 4.98 Å². The first-order valence-corrected chi connectivity index (χ1v) is 7.33. The van der Waals surface area contributed by atoms with E-state index in [-0.39, 0.29) is 24.6 Å². The molecule has 0 saturated heterocycles. The molecule has 122 valence electrons. The quantitative estimate of drug-likeness (QED) is 0.811. The Morgan fingerprint density at radius 3 is 2.65 bits per heavy atom. The van der Waals surface area contributed by atoms with Gasteiger partial charge in [-0.15, -0.1) is 0 Å². The van der Waals surface area contributed by atoms with E-state index < -0.39 is 23.3 Å². The van der Waals surface area contributed by atoms with Gasteiger partial charge in [0.15, 0.2) is 11.3 Å². The van der Waals surface area contributed by atoms with Crippen molar-refractivity contribution < 1.29 is 18.7 Å². The first-order chi connectivity index (χ1) is 10.9. The maximum atomic E-state index is 13.2. The molecule has 1 aliphatic carbocycles. The van der Waals surface area contributed by atoms with Crippen LogP contribution in [0, 0.1) is 5.82 Å². The molecule has 0 bridgehead atoms. The molecule has 1 saturated carbocycles. The molecule has 0 spiro atoms. The fourth-order valence-corrected chi connectivity index (χ4v) is 2.80. The fraction of sp³-hybridized carbons (Fsp3) is 0.400. The molecule has 8 heteroatoms. The van der Waals surface area contributed by atoms with Gasteiger partial charge in [-0.25, -0.2) is 14.2 Å². The molecule has 2 aromatic rings. The topological polar surface area (TPSA) is 113 Å². The summed E-state index contributed by atoms with van der Waals surface area (Å²) in [5.41, 5.74) is 10.3. The Hall–Kier alpha value is -2.48. The standard InChI is InChI=1S/C15H17FN4O3/c16-9-1-2-12-19-11(8-20(12)7-9)13(21)23-15(14(18)22)5-3-10(17)4-6-15/h1-2,7-8,10H,3-6,17H2,(H2,18,22). The Kier molecular flexibility index (Phi) is 3.77. The molecular weight excluding hydrogens is 303 g/mol. The van der Waals surface area contributed by atoms with Crippen LogP contribution in [0.4, 0.5) is 4.39 Å². The Morgan fingerprint density at radius 1 is 1.30 bits per heavy atom. The lowest BCUT2D eigenvalue weighted by atomic mass is 9.81. The van der Waals surface area contributed by atoms with Gasteiger partial charge >= 0.3 is 5.97 Å². The summed E-state index contributed by atoms with van der Waals surface area (Å²) in [6.45, 7) is 0. The van der Waals surface area contributed by atoms with Crippen molar-refractivity contribution in [1.82, 2.24) is 9.38 Å². The van der Waals surface area contributed by atoms with Crippen molar-refractivity contribution in [3.63, 3.8) is 0 Å². The maximum absolute atomic E-state index is 13.2. The second kappa shape index (κ2) is 5.62. The molecule has 1 aliphatic rings. The van der Waals surface area contributed by atoms with E-state index >= 15 is 0 Å². The highest BCUT2D eigenvalue weighted by Crippen LogP contribution is 2.32. The van der Waals surface area contributed by atoms with Gasteiger partial charge in [-0.2, -0.15) is 0 Å². The van der Waals surface area contributed by atoms with Crippen LogP contribution in [0.25, 0.3) is 5.65 Å². The third-order valence-corrected chi connectivity index (χ3v) is 4.20. The van der Waals surface area contributed by atoms with E-state index in [1.54, 1.807) is 0 Å². The Bertz CT molecular complexity index is 765. The van der Waals surface area contributed by atoms with Gasteiger partial charge in [0.25, 0.3) is 5.91 Å². The molecule has 0 atom stereocenters. The predicted octanol–water partition coefficient (Wildman–Crippen LogP) is 0.756. The van der Waals surface area contributed by atoms with Crippen LogP contribution in [0.2, 0.25) is 0 Å². The molecule has 1 fully saturated rings. The minimum atomic E-state index is -1.35. The Morgan fingerprint density at radius 2 is 2.00 bits per heavy atom. The van der Waals surface area contributed by atoms with Gasteiger partial charge in [0.05, 0.1) is 0 Å². The summed E-state index contributed by atoms with van der Waals surface area (Å²) in [7, 11) is 0. The second-order valence-electron chi connectivity index (χ2n) is 5.82. The zero-order chi connectivity index (χ0) is 16.6. The van der Waals surface area contributed by atoms with Crippen LogP contribution < -0.4 is 11.5 Å². The smallest absolute Gasteiger partial charge is 0.359 e. The van der Waals surface area contributed by atoms with Gasteiger partial charge in [0.2, 0.25) is 0 Å². The molecule has 2 heterocycles. The number of amides is 1. The summed E-state index contributed by atoms with van der Waals surface area (Å²) in [6, 6.07) is 2.65. The zero-order valence-corrected chi connectivity index (χ0v) is 12.4. The largest absolute Gasteiger partial charge is 0.444 e. The average molecular weight is 320 g/mol. The summed E-state index contributed by atoms with van der Waals surface area (Å²) >= 11 is 0. The summed E-state index contributed by atoms with van der Waals surface area (Å²) in [6.07, 6.45) is 4.22. The number of halogens is 1. The van der Waals surface area contributed by atoms with Gasteiger partial charge < -0.3 is 20.6 Å². The summed E-state index contributed by atoms with van der Waals surface area (Å²) in [5.74, 6) is -1.90. The van der Waals surface area contributed by atoms with E-state index in [0.29, 0.717) is 18.5 Å². The van der Waals surface area contributed by atoms with Crippen molar-refractivity contribution in [2.75, 3.05) is 0 Å². The van der Waals surface area contributed by atoms with Gasteiger partial charge in [-0.1, -0.05) is 0 Å². The molecule has 1 amide bonds. The van der Waals surface area contributed by atoms with Gasteiger partial charge in [0.1, 0.15) is 11.5 Å². The lowest BCUT2D eigenvalue weighted by Gasteiger charge is -2.35. The molecule has 0 unspecified atom stereocenters. The monoisotopic (exact) mass is 320 g/mol. The number of aromatic nitrogens is 2. The molecule has 2 aromatic heterocycles. The van der Waals surface area contributed by atoms with Crippen molar-refractivity contribution in [2.24, 2.45) is 11.5 Å². The first-order valence-electron chi connectivity index (χ1n) is 7.33. The number of hydrogen-bond donors (Lipinski definition) is 2. The predicted molar refractivity (Wildman–Crippen MR) is 78.9 cm³/mol. The Balaban J connectivity index is 1.84. The van der Waals surface area contributed by atoms with Crippen molar-refractivity contribution >= 4 is 17.5 Å². The number of imidazole rings is 1. The van der Waals surface area contributed by atoms with Crippen molar-refractivity contribution in [3.05, 3.63) is 36.0 Å². The first kappa shape index (κ1) is 15.4. The van der Waals surface area contributed by atoms with E-state index in [1.165, 1.54) is 28.9 Å². The van der Waals surface area contributed by atoms with Crippen LogP contribution in [-0.4, -0.2) is 32.9 Å². The number of primary amides is 1. The molecule has 0 radical (unpaired) electrons. The minimum absolute atomic E-state index is 0.00824. The van der Waals surface area contributed by atoms with E-state index in [9.17, 15) is 14.0 Å². The number of pyridine rings is 1. The van der Waals surface area contributed by atoms with Crippen LogP contribution in [-0.2, 0) is 9.53 Å².